The van der Waals surface area contributed by atoms with Crippen LogP contribution in [0.5, 0.6) is 11.5 Å². The van der Waals surface area contributed by atoms with E-state index >= 15 is 0 Å². The zero-order chi connectivity index (χ0) is 29.3. The minimum atomic E-state index is -0.894. The first-order valence-corrected chi connectivity index (χ1v) is 13.3. The lowest BCUT2D eigenvalue weighted by Crippen LogP contribution is -2.40. The van der Waals surface area contributed by atoms with Crippen LogP contribution in [0.15, 0.2) is 80.1 Å². The predicted molar refractivity (Wildman–Crippen MR) is 151 cm³/mol. The highest BCUT2D eigenvalue weighted by atomic mass is 32.1. The van der Waals surface area contributed by atoms with E-state index in [1.807, 2.05) is 0 Å². The molecule has 0 saturated heterocycles. The molecule has 4 aromatic rings. The Morgan fingerprint density at radius 1 is 1.17 bits per heavy atom. The number of rotatable bonds is 8. The highest BCUT2D eigenvalue weighted by Crippen LogP contribution is 2.38. The summed E-state index contributed by atoms with van der Waals surface area (Å²) in [6.45, 7) is 3.55. The second-order valence-corrected chi connectivity index (χ2v) is 9.93. The Morgan fingerprint density at radius 3 is 2.68 bits per heavy atom. The number of allylic oxidation sites excluding steroid dienone is 1. The van der Waals surface area contributed by atoms with Crippen molar-refractivity contribution in [3.63, 3.8) is 0 Å². The lowest BCUT2D eigenvalue weighted by molar-refractivity contribution is -0.384. The van der Waals surface area contributed by atoms with E-state index in [0.29, 0.717) is 49.2 Å². The van der Waals surface area contributed by atoms with E-state index in [1.165, 1.54) is 30.9 Å². The molecule has 3 heterocycles. The van der Waals surface area contributed by atoms with Crippen molar-refractivity contribution < 1.29 is 28.3 Å². The van der Waals surface area contributed by atoms with E-state index in [4.69, 9.17) is 18.6 Å². The van der Waals surface area contributed by atoms with Crippen molar-refractivity contribution in [2.45, 2.75) is 19.9 Å². The van der Waals surface area contributed by atoms with Crippen LogP contribution < -0.4 is 24.4 Å². The molecule has 1 aliphatic rings. The van der Waals surface area contributed by atoms with Gasteiger partial charge in [0.25, 0.3) is 11.2 Å². The SMILES string of the molecule is CCOC(=O)C1=C(C)N=c2s/c(=C\c3ccc(-c4cccc([N+](=O)[O-])c4)o3)c(=O)n2[C@H]1c1cc(OC)ccc1OC. The van der Waals surface area contributed by atoms with Crippen molar-refractivity contribution >= 4 is 29.1 Å². The van der Waals surface area contributed by atoms with Crippen LogP contribution in [-0.4, -0.2) is 36.3 Å². The van der Waals surface area contributed by atoms with E-state index in [-0.39, 0.29) is 17.9 Å². The summed E-state index contributed by atoms with van der Waals surface area (Å²) in [4.78, 5) is 42.7. The fourth-order valence-corrected chi connectivity index (χ4v) is 5.65. The molecule has 0 amide bonds. The van der Waals surface area contributed by atoms with Gasteiger partial charge in [-0.15, -0.1) is 0 Å². The normalized spacial score (nSPS) is 14.8. The van der Waals surface area contributed by atoms with Crippen molar-refractivity contribution in [3.05, 3.63) is 107 Å². The van der Waals surface area contributed by atoms with Crippen molar-refractivity contribution in [1.29, 1.82) is 0 Å². The number of thiazole rings is 1. The lowest BCUT2D eigenvalue weighted by atomic mass is 9.95. The molecule has 0 bridgehead atoms. The average molecular weight is 576 g/mol. The van der Waals surface area contributed by atoms with Crippen LogP contribution in [0.25, 0.3) is 17.4 Å². The van der Waals surface area contributed by atoms with Gasteiger partial charge in [0, 0.05) is 29.3 Å². The third-order valence-electron chi connectivity index (χ3n) is 6.49. The summed E-state index contributed by atoms with van der Waals surface area (Å²) in [5.74, 6) is 1.16. The highest BCUT2D eigenvalue weighted by molar-refractivity contribution is 7.07. The van der Waals surface area contributed by atoms with Gasteiger partial charge < -0.3 is 18.6 Å². The zero-order valence-corrected chi connectivity index (χ0v) is 23.4. The Kier molecular flexibility index (Phi) is 7.58. The molecule has 2 aromatic heterocycles. The van der Waals surface area contributed by atoms with E-state index in [0.717, 1.165) is 11.3 Å². The third kappa shape index (κ3) is 5.16. The monoisotopic (exact) mass is 575 g/mol. The molecule has 0 spiro atoms. The molecule has 0 unspecified atom stereocenters. The number of hydrogen-bond acceptors (Lipinski definition) is 10. The van der Waals surface area contributed by atoms with Crippen LogP contribution in [0.4, 0.5) is 5.69 Å². The first-order valence-electron chi connectivity index (χ1n) is 12.5. The van der Waals surface area contributed by atoms with Crippen molar-refractivity contribution in [2.24, 2.45) is 4.99 Å². The molecule has 12 heteroatoms. The number of nitro benzene ring substituents is 1. The molecule has 0 saturated carbocycles. The van der Waals surface area contributed by atoms with Crippen LogP contribution >= 0.6 is 11.3 Å². The summed E-state index contributed by atoms with van der Waals surface area (Å²) in [6, 6.07) is 13.7. The number of nitrogens with zero attached hydrogens (tertiary/aromatic N) is 3. The Morgan fingerprint density at radius 2 is 1.98 bits per heavy atom. The Balaban J connectivity index is 1.66. The largest absolute Gasteiger partial charge is 0.497 e. The molecule has 41 heavy (non-hydrogen) atoms. The van der Waals surface area contributed by atoms with Crippen LogP contribution in [0.3, 0.4) is 0 Å². The summed E-state index contributed by atoms with van der Waals surface area (Å²) >= 11 is 1.14. The minimum Gasteiger partial charge on any atom is -0.497 e. The number of fused-ring (bicyclic) bond motifs is 1. The van der Waals surface area contributed by atoms with Gasteiger partial charge in [0.05, 0.1) is 41.6 Å². The summed E-state index contributed by atoms with van der Waals surface area (Å²) in [6.07, 6.45) is 1.58. The van der Waals surface area contributed by atoms with Crippen LogP contribution in [-0.2, 0) is 9.53 Å². The number of aromatic nitrogens is 1. The molecular weight excluding hydrogens is 550 g/mol. The number of esters is 1. The van der Waals surface area contributed by atoms with Crippen molar-refractivity contribution in [3.8, 4) is 22.8 Å². The topological polar surface area (TPSA) is 135 Å². The van der Waals surface area contributed by atoms with Crippen molar-refractivity contribution in [1.82, 2.24) is 4.57 Å². The lowest BCUT2D eigenvalue weighted by Gasteiger charge is -2.26. The van der Waals surface area contributed by atoms with Gasteiger partial charge in [0.1, 0.15) is 29.1 Å². The number of furan rings is 1. The van der Waals surface area contributed by atoms with Crippen LogP contribution in [0, 0.1) is 10.1 Å². The maximum atomic E-state index is 13.9. The fraction of sp³-hybridized carbons (Fsp3) is 0.207. The van der Waals surface area contributed by atoms with Gasteiger partial charge in [-0.2, -0.15) is 0 Å². The maximum absolute atomic E-state index is 13.9. The average Bonchev–Trinajstić information content (AvgIpc) is 3.56. The van der Waals surface area contributed by atoms with E-state index in [1.54, 1.807) is 62.4 Å². The Bertz CT molecular complexity index is 1880. The Labute approximate surface area is 237 Å². The second-order valence-electron chi connectivity index (χ2n) is 8.92. The van der Waals surface area contributed by atoms with Crippen LogP contribution in [0.1, 0.15) is 31.2 Å². The summed E-state index contributed by atoms with van der Waals surface area (Å²) in [7, 11) is 3.03. The van der Waals surface area contributed by atoms with Crippen molar-refractivity contribution in [2.75, 3.05) is 20.8 Å². The number of ether oxygens (including phenoxy) is 3. The van der Waals surface area contributed by atoms with Gasteiger partial charge in [-0.05, 0) is 44.2 Å². The molecule has 1 atom stereocenters. The summed E-state index contributed by atoms with van der Waals surface area (Å²) in [5, 5.41) is 11.2. The van der Waals surface area contributed by atoms with Gasteiger partial charge in [0.15, 0.2) is 4.80 Å². The number of carbonyl (C=O) groups is 1. The maximum Gasteiger partial charge on any atom is 0.338 e. The number of nitro groups is 1. The standard InChI is InChI=1S/C29H25N3O8S/c1-5-39-28(34)25-16(2)30-29-31(26(25)21-14-19(37-3)9-12-23(21)38-4)27(33)24(41-29)15-20-10-11-22(40-20)17-7-6-8-18(13-17)32(35)36/h6-15,26H,5H2,1-4H3/b24-15-/t26-/m0/s1. The Hall–Kier alpha value is -4.97. The van der Waals surface area contributed by atoms with E-state index in [9.17, 15) is 19.7 Å². The number of carbonyl (C=O) groups excluding carboxylic acids is 1. The molecule has 0 aliphatic carbocycles. The van der Waals surface area contributed by atoms with Gasteiger partial charge in [-0.25, -0.2) is 9.79 Å². The first-order chi connectivity index (χ1) is 19.7. The molecule has 0 radical (unpaired) electrons. The van der Waals surface area contributed by atoms with Gasteiger partial charge in [-0.1, -0.05) is 23.5 Å². The molecule has 11 nitrogen and oxygen atoms in total. The van der Waals surface area contributed by atoms with Gasteiger partial charge in [-0.3, -0.25) is 19.5 Å². The van der Waals surface area contributed by atoms with Crippen LogP contribution in [0.2, 0.25) is 0 Å². The molecule has 0 fully saturated rings. The molecule has 1 aliphatic heterocycles. The molecule has 2 aromatic carbocycles. The number of non-ortho nitro benzene ring substituents is 1. The first kappa shape index (κ1) is 27.6. The number of methoxy groups -OCH3 is 2. The zero-order valence-electron chi connectivity index (χ0n) is 22.6. The molecule has 0 N–H and O–H groups in total. The molecule has 5 rings (SSSR count). The summed E-state index contributed by atoms with van der Waals surface area (Å²) < 4.78 is 24.1. The quantitative estimate of drug-likeness (QED) is 0.175. The number of hydrogen-bond donors (Lipinski definition) is 0. The fourth-order valence-electron chi connectivity index (χ4n) is 4.63. The second kappa shape index (κ2) is 11.3. The predicted octanol–water partition coefficient (Wildman–Crippen LogP) is 3.98. The van der Waals surface area contributed by atoms with E-state index in [2.05, 4.69) is 4.99 Å². The smallest absolute Gasteiger partial charge is 0.338 e. The van der Waals surface area contributed by atoms with Gasteiger partial charge in [0.2, 0.25) is 0 Å². The highest BCUT2D eigenvalue weighted by Gasteiger charge is 2.35. The number of benzene rings is 2. The molecular formula is C29H25N3O8S. The third-order valence-corrected chi connectivity index (χ3v) is 7.47. The summed E-state index contributed by atoms with van der Waals surface area (Å²) in [5.41, 5.74) is 1.23. The van der Waals surface area contributed by atoms with E-state index < -0.39 is 22.5 Å². The van der Waals surface area contributed by atoms with Gasteiger partial charge >= 0.3 is 5.97 Å². The molecule has 210 valence electrons. The minimum absolute atomic E-state index is 0.0606.